The van der Waals surface area contributed by atoms with Crippen LogP contribution in [-0.4, -0.2) is 28.9 Å². The second-order valence-corrected chi connectivity index (χ2v) is 5.82. The summed E-state index contributed by atoms with van der Waals surface area (Å²) in [6.45, 7) is 1.88. The third kappa shape index (κ3) is 4.81. The summed E-state index contributed by atoms with van der Waals surface area (Å²) in [5, 5.41) is 14.4. The van der Waals surface area contributed by atoms with Gasteiger partial charge in [-0.05, 0) is 36.5 Å². The van der Waals surface area contributed by atoms with Crippen LogP contribution in [0.15, 0.2) is 18.2 Å². The Balaban J connectivity index is 1.79. The van der Waals surface area contributed by atoms with E-state index in [1.807, 2.05) is 25.1 Å². The molecule has 6 nitrogen and oxygen atoms in total. The summed E-state index contributed by atoms with van der Waals surface area (Å²) in [6, 6.07) is 5.02. The maximum Gasteiger partial charge on any atom is 0.326 e. The summed E-state index contributed by atoms with van der Waals surface area (Å²) >= 11 is 0. The van der Waals surface area contributed by atoms with Gasteiger partial charge in [0.25, 0.3) is 0 Å². The summed E-state index contributed by atoms with van der Waals surface area (Å²) in [5.74, 6) is -1.22. The molecule has 124 valence electrons. The van der Waals surface area contributed by atoms with Gasteiger partial charge in [0.2, 0.25) is 11.8 Å². The molecule has 0 fully saturated rings. The van der Waals surface area contributed by atoms with Crippen LogP contribution in [0.1, 0.15) is 43.7 Å². The number of carbonyl (C=O) groups is 3. The highest BCUT2D eigenvalue weighted by molar-refractivity contribution is 5.99. The van der Waals surface area contributed by atoms with Gasteiger partial charge in [0.15, 0.2) is 0 Å². The Morgan fingerprint density at radius 3 is 2.87 bits per heavy atom. The Labute approximate surface area is 135 Å². The average Bonchev–Trinajstić information content (AvgIpc) is 2.86. The largest absolute Gasteiger partial charge is 0.480 e. The highest BCUT2D eigenvalue weighted by Gasteiger charge is 2.19. The Bertz CT molecular complexity index is 613. The van der Waals surface area contributed by atoms with Gasteiger partial charge in [-0.25, -0.2) is 4.79 Å². The van der Waals surface area contributed by atoms with Gasteiger partial charge in [-0.3, -0.25) is 9.59 Å². The van der Waals surface area contributed by atoms with E-state index in [1.165, 1.54) is 0 Å². The number of hydrogen-bond donors (Lipinski definition) is 3. The van der Waals surface area contributed by atoms with Crippen molar-refractivity contribution in [1.29, 1.82) is 0 Å². The normalized spacial score (nSPS) is 14.0. The van der Waals surface area contributed by atoms with Crippen LogP contribution in [-0.2, 0) is 27.2 Å². The number of carboxylic acids is 1. The molecule has 1 atom stereocenters. The van der Waals surface area contributed by atoms with E-state index in [2.05, 4.69) is 10.6 Å². The molecule has 1 aliphatic rings. The maximum absolute atomic E-state index is 11.8. The van der Waals surface area contributed by atoms with Gasteiger partial charge in [0.1, 0.15) is 6.04 Å². The van der Waals surface area contributed by atoms with E-state index in [0.29, 0.717) is 32.1 Å². The van der Waals surface area contributed by atoms with E-state index in [9.17, 15) is 14.4 Å². The number of amides is 2. The fourth-order valence-corrected chi connectivity index (χ4v) is 2.70. The van der Waals surface area contributed by atoms with Crippen molar-refractivity contribution >= 4 is 23.5 Å². The maximum atomic E-state index is 11.8. The van der Waals surface area contributed by atoms with E-state index in [4.69, 9.17) is 5.11 Å². The molecule has 0 radical (unpaired) electrons. The third-order valence-corrected chi connectivity index (χ3v) is 3.87. The van der Waals surface area contributed by atoms with Crippen LogP contribution >= 0.6 is 0 Å². The predicted molar refractivity (Wildman–Crippen MR) is 86.2 cm³/mol. The molecule has 0 aliphatic carbocycles. The molecule has 1 unspecified atom stereocenters. The van der Waals surface area contributed by atoms with Crippen molar-refractivity contribution in [2.45, 2.75) is 51.5 Å². The number of benzene rings is 1. The van der Waals surface area contributed by atoms with Crippen LogP contribution < -0.4 is 10.6 Å². The fourth-order valence-electron chi connectivity index (χ4n) is 2.70. The number of aliphatic carboxylic acids is 1. The Hall–Kier alpha value is -2.37. The summed E-state index contributed by atoms with van der Waals surface area (Å²) < 4.78 is 0. The monoisotopic (exact) mass is 318 g/mol. The Morgan fingerprint density at radius 2 is 2.17 bits per heavy atom. The molecular formula is C17H22N2O4. The molecule has 0 spiro atoms. The standard InChI is InChI=1S/C17H22N2O4/c1-2-4-14(17(22)23)19-15(20)6-3-5-11-7-8-13-12(9-11)10-16(21)18-13/h7-9,14H,2-6,10H2,1H3,(H,18,21)(H,19,20)(H,22,23). The fraction of sp³-hybridized carbons (Fsp3) is 0.471. The van der Waals surface area contributed by atoms with Crippen molar-refractivity contribution in [2.24, 2.45) is 0 Å². The minimum atomic E-state index is -0.990. The molecule has 1 aromatic rings. The van der Waals surface area contributed by atoms with Crippen LogP contribution in [0.3, 0.4) is 0 Å². The molecule has 1 aliphatic heterocycles. The van der Waals surface area contributed by atoms with Crippen molar-refractivity contribution in [3.8, 4) is 0 Å². The predicted octanol–water partition coefficient (Wildman–Crippen LogP) is 1.87. The SMILES string of the molecule is CCCC(NC(=O)CCCc1ccc2c(c1)CC(=O)N2)C(=O)O. The van der Waals surface area contributed by atoms with Crippen molar-refractivity contribution in [3.05, 3.63) is 29.3 Å². The lowest BCUT2D eigenvalue weighted by Gasteiger charge is -2.13. The summed E-state index contributed by atoms with van der Waals surface area (Å²) in [6.07, 6.45) is 3.21. The average molecular weight is 318 g/mol. The molecule has 0 aromatic heterocycles. The number of rotatable bonds is 8. The smallest absolute Gasteiger partial charge is 0.326 e. The Morgan fingerprint density at radius 1 is 1.39 bits per heavy atom. The zero-order chi connectivity index (χ0) is 16.8. The quantitative estimate of drug-likeness (QED) is 0.682. The van der Waals surface area contributed by atoms with Crippen LogP contribution in [0, 0.1) is 0 Å². The first-order valence-corrected chi connectivity index (χ1v) is 7.93. The first-order chi connectivity index (χ1) is 11.0. The van der Waals surface area contributed by atoms with E-state index in [0.717, 1.165) is 23.2 Å². The number of nitrogens with one attached hydrogen (secondary N) is 2. The minimum Gasteiger partial charge on any atom is -0.480 e. The molecule has 23 heavy (non-hydrogen) atoms. The molecule has 6 heteroatoms. The number of carboxylic acid groups (broad SMARTS) is 1. The van der Waals surface area contributed by atoms with Crippen LogP contribution in [0.25, 0.3) is 0 Å². The summed E-state index contributed by atoms with van der Waals surface area (Å²) in [4.78, 5) is 34.1. The van der Waals surface area contributed by atoms with Crippen LogP contribution in [0.2, 0.25) is 0 Å². The zero-order valence-corrected chi connectivity index (χ0v) is 13.2. The number of carbonyl (C=O) groups excluding carboxylic acids is 2. The lowest BCUT2D eigenvalue weighted by atomic mass is 10.0. The van der Waals surface area contributed by atoms with E-state index < -0.39 is 12.0 Å². The first-order valence-electron chi connectivity index (χ1n) is 7.93. The van der Waals surface area contributed by atoms with Crippen LogP contribution in [0.5, 0.6) is 0 Å². The number of aryl methyl sites for hydroxylation is 1. The lowest BCUT2D eigenvalue weighted by molar-refractivity contribution is -0.142. The highest BCUT2D eigenvalue weighted by Crippen LogP contribution is 2.24. The van der Waals surface area contributed by atoms with Crippen molar-refractivity contribution in [2.75, 3.05) is 5.32 Å². The third-order valence-electron chi connectivity index (χ3n) is 3.87. The number of hydrogen-bond acceptors (Lipinski definition) is 3. The van der Waals surface area contributed by atoms with Gasteiger partial charge in [-0.2, -0.15) is 0 Å². The van der Waals surface area contributed by atoms with Crippen molar-refractivity contribution in [3.63, 3.8) is 0 Å². The van der Waals surface area contributed by atoms with Crippen LogP contribution in [0.4, 0.5) is 5.69 Å². The first kappa shape index (κ1) is 17.0. The van der Waals surface area contributed by atoms with Gasteiger partial charge in [0.05, 0.1) is 6.42 Å². The topological polar surface area (TPSA) is 95.5 Å². The molecule has 1 aromatic carbocycles. The molecule has 2 amide bonds. The molecule has 2 rings (SSSR count). The summed E-state index contributed by atoms with van der Waals surface area (Å²) in [7, 11) is 0. The van der Waals surface area contributed by atoms with Crippen molar-refractivity contribution < 1.29 is 19.5 Å². The lowest BCUT2D eigenvalue weighted by Crippen LogP contribution is -2.40. The summed E-state index contributed by atoms with van der Waals surface area (Å²) in [5.41, 5.74) is 2.93. The number of fused-ring (bicyclic) bond motifs is 1. The van der Waals surface area contributed by atoms with Gasteiger partial charge < -0.3 is 15.7 Å². The van der Waals surface area contributed by atoms with Gasteiger partial charge in [0, 0.05) is 12.1 Å². The zero-order valence-electron chi connectivity index (χ0n) is 13.2. The molecule has 0 saturated carbocycles. The molecule has 3 N–H and O–H groups in total. The second-order valence-electron chi connectivity index (χ2n) is 5.82. The highest BCUT2D eigenvalue weighted by atomic mass is 16.4. The second kappa shape index (κ2) is 7.76. The minimum absolute atomic E-state index is 0.00663. The van der Waals surface area contributed by atoms with E-state index in [-0.39, 0.29) is 11.8 Å². The molecule has 0 bridgehead atoms. The van der Waals surface area contributed by atoms with Gasteiger partial charge >= 0.3 is 5.97 Å². The van der Waals surface area contributed by atoms with Gasteiger partial charge in [-0.1, -0.05) is 25.5 Å². The van der Waals surface area contributed by atoms with Crippen molar-refractivity contribution in [1.82, 2.24) is 5.32 Å². The van der Waals surface area contributed by atoms with Gasteiger partial charge in [-0.15, -0.1) is 0 Å². The molecule has 1 heterocycles. The molecule has 0 saturated heterocycles. The Kier molecular flexibility index (Phi) is 5.73. The molecular weight excluding hydrogens is 296 g/mol. The van der Waals surface area contributed by atoms with E-state index in [1.54, 1.807) is 0 Å². The number of anilines is 1. The van der Waals surface area contributed by atoms with E-state index >= 15 is 0 Å².